The van der Waals surface area contributed by atoms with Crippen molar-refractivity contribution >= 4 is 39.2 Å². The number of carbonyl (C=O) groups is 1. The second-order valence-corrected chi connectivity index (χ2v) is 8.39. The molecule has 2 aromatic heterocycles. The van der Waals surface area contributed by atoms with Crippen LogP contribution in [-0.4, -0.2) is 10.9 Å². The van der Waals surface area contributed by atoms with Gasteiger partial charge in [0.25, 0.3) is 0 Å². The first-order valence-electron chi connectivity index (χ1n) is 10.3. The van der Waals surface area contributed by atoms with Crippen molar-refractivity contribution in [1.82, 2.24) is 4.98 Å². The number of para-hydroxylation sites is 1. The minimum Gasteiger partial charge on any atom is -0.457 e. The summed E-state index contributed by atoms with van der Waals surface area (Å²) in [6.45, 7) is 2.00. The Bertz CT molecular complexity index is 1400. The molecule has 0 atom stereocenters. The molecule has 5 rings (SSSR count). The average molecular weight is 437 g/mol. The third-order valence-corrected chi connectivity index (χ3v) is 6.27. The molecule has 2 heterocycles. The molecule has 0 aliphatic carbocycles. The largest absolute Gasteiger partial charge is 0.457 e. The van der Waals surface area contributed by atoms with Crippen molar-refractivity contribution in [2.24, 2.45) is 0 Å². The molecule has 0 bridgehead atoms. The van der Waals surface area contributed by atoms with Crippen molar-refractivity contribution in [2.75, 3.05) is 5.32 Å². The summed E-state index contributed by atoms with van der Waals surface area (Å²) < 4.78 is 6.97. The molecule has 0 spiro atoms. The van der Waals surface area contributed by atoms with Crippen LogP contribution in [0.5, 0.6) is 0 Å². The smallest absolute Gasteiger partial charge is 0.248 e. The minimum absolute atomic E-state index is 0.216. The van der Waals surface area contributed by atoms with Gasteiger partial charge in [0.1, 0.15) is 16.5 Å². The fraction of sp³-hybridized carbons (Fsp3) is 0.0370. The summed E-state index contributed by atoms with van der Waals surface area (Å²) in [5, 5.41) is 3.92. The average Bonchev–Trinajstić information content (AvgIpc) is 3.47. The summed E-state index contributed by atoms with van der Waals surface area (Å²) in [6, 6.07) is 27.6. The van der Waals surface area contributed by atoms with Crippen LogP contribution in [0.3, 0.4) is 0 Å². The normalized spacial score (nSPS) is 11.3. The van der Waals surface area contributed by atoms with Gasteiger partial charge in [0.15, 0.2) is 0 Å². The maximum Gasteiger partial charge on any atom is 0.248 e. The van der Waals surface area contributed by atoms with Gasteiger partial charge in [-0.2, -0.15) is 0 Å². The van der Waals surface area contributed by atoms with Crippen molar-refractivity contribution < 1.29 is 9.21 Å². The second-order valence-electron chi connectivity index (χ2n) is 7.36. The summed E-state index contributed by atoms with van der Waals surface area (Å²) in [4.78, 5) is 17.3. The van der Waals surface area contributed by atoms with E-state index < -0.39 is 0 Å². The van der Waals surface area contributed by atoms with E-state index in [0.29, 0.717) is 5.76 Å². The van der Waals surface area contributed by atoms with E-state index in [1.807, 2.05) is 85.8 Å². The fourth-order valence-corrected chi connectivity index (χ4v) is 4.57. The van der Waals surface area contributed by atoms with E-state index in [-0.39, 0.29) is 5.91 Å². The third kappa shape index (κ3) is 4.11. The summed E-state index contributed by atoms with van der Waals surface area (Å²) in [5.41, 5.74) is 4.75. The fourth-order valence-electron chi connectivity index (χ4n) is 3.52. The van der Waals surface area contributed by atoms with Crippen LogP contribution in [0.1, 0.15) is 11.3 Å². The maximum absolute atomic E-state index is 12.6. The monoisotopic (exact) mass is 436 g/mol. The number of fused-ring (bicyclic) bond motifs is 1. The van der Waals surface area contributed by atoms with Gasteiger partial charge in [-0.1, -0.05) is 54.6 Å². The van der Waals surface area contributed by atoms with Gasteiger partial charge >= 0.3 is 0 Å². The Morgan fingerprint density at radius 3 is 2.59 bits per heavy atom. The standard InChI is InChI=1S/C27H20N2O2S/c1-18-21(27-29-23-11-5-6-13-25(23)32-27)10-7-12-22(18)28-26(30)17-15-20-14-16-24(31-20)19-8-3-2-4-9-19/h2-17H,1H3,(H,28,30)/b17-15+. The number of amides is 1. The van der Waals surface area contributed by atoms with E-state index in [2.05, 4.69) is 11.4 Å². The molecule has 0 fully saturated rings. The number of nitrogens with one attached hydrogen (secondary N) is 1. The number of rotatable bonds is 5. The topological polar surface area (TPSA) is 55.1 Å². The first-order valence-corrected chi connectivity index (χ1v) is 11.1. The molecule has 32 heavy (non-hydrogen) atoms. The van der Waals surface area contributed by atoms with E-state index in [1.165, 1.54) is 6.08 Å². The third-order valence-electron chi connectivity index (χ3n) is 5.20. The minimum atomic E-state index is -0.216. The van der Waals surface area contributed by atoms with E-state index >= 15 is 0 Å². The number of carbonyl (C=O) groups excluding carboxylic acids is 1. The number of furan rings is 1. The first-order chi connectivity index (χ1) is 15.7. The van der Waals surface area contributed by atoms with Crippen molar-refractivity contribution in [1.29, 1.82) is 0 Å². The van der Waals surface area contributed by atoms with Crippen LogP contribution in [-0.2, 0) is 4.79 Å². The van der Waals surface area contributed by atoms with Crippen LogP contribution in [0.2, 0.25) is 0 Å². The Labute approximate surface area is 189 Å². The lowest BCUT2D eigenvalue weighted by Crippen LogP contribution is -2.09. The molecule has 0 aliphatic heterocycles. The predicted molar refractivity (Wildman–Crippen MR) is 132 cm³/mol. The van der Waals surface area contributed by atoms with Crippen LogP contribution < -0.4 is 5.32 Å². The highest BCUT2D eigenvalue weighted by atomic mass is 32.1. The summed E-state index contributed by atoms with van der Waals surface area (Å²) in [5.74, 6) is 1.18. The molecule has 0 saturated carbocycles. The van der Waals surface area contributed by atoms with Gasteiger partial charge in [0.2, 0.25) is 5.91 Å². The maximum atomic E-state index is 12.6. The highest BCUT2D eigenvalue weighted by molar-refractivity contribution is 7.21. The lowest BCUT2D eigenvalue weighted by atomic mass is 10.1. The zero-order chi connectivity index (χ0) is 21.9. The van der Waals surface area contributed by atoms with Gasteiger partial charge in [-0.05, 0) is 48.9 Å². The zero-order valence-corrected chi connectivity index (χ0v) is 18.2. The molecular formula is C27H20N2O2S. The summed E-state index contributed by atoms with van der Waals surface area (Å²) in [7, 11) is 0. The highest BCUT2D eigenvalue weighted by Crippen LogP contribution is 2.34. The summed E-state index contributed by atoms with van der Waals surface area (Å²) in [6.07, 6.45) is 3.16. The van der Waals surface area contributed by atoms with Gasteiger partial charge in [-0.15, -0.1) is 11.3 Å². The Balaban J connectivity index is 1.33. The van der Waals surface area contributed by atoms with Crippen molar-refractivity contribution in [3.05, 3.63) is 102 Å². The number of anilines is 1. The Morgan fingerprint density at radius 2 is 1.75 bits per heavy atom. The number of aromatic nitrogens is 1. The van der Waals surface area contributed by atoms with Crippen molar-refractivity contribution in [3.8, 4) is 21.9 Å². The van der Waals surface area contributed by atoms with Gasteiger partial charge in [-0.3, -0.25) is 4.79 Å². The molecule has 3 aromatic carbocycles. The van der Waals surface area contributed by atoms with Crippen molar-refractivity contribution in [2.45, 2.75) is 6.92 Å². The van der Waals surface area contributed by atoms with Crippen LogP contribution in [0.4, 0.5) is 5.69 Å². The van der Waals surface area contributed by atoms with Gasteiger partial charge < -0.3 is 9.73 Å². The molecule has 0 unspecified atom stereocenters. The first kappa shape index (κ1) is 20.0. The van der Waals surface area contributed by atoms with E-state index in [9.17, 15) is 4.79 Å². The molecule has 1 N–H and O–H groups in total. The lowest BCUT2D eigenvalue weighted by Gasteiger charge is -2.10. The van der Waals surface area contributed by atoms with E-state index in [1.54, 1.807) is 17.4 Å². The van der Waals surface area contributed by atoms with Gasteiger partial charge in [-0.25, -0.2) is 4.98 Å². The van der Waals surface area contributed by atoms with Crippen LogP contribution >= 0.6 is 11.3 Å². The molecule has 5 aromatic rings. The molecule has 0 radical (unpaired) electrons. The Hall–Kier alpha value is -3.96. The van der Waals surface area contributed by atoms with Crippen LogP contribution in [0.25, 0.3) is 38.2 Å². The quantitative estimate of drug-likeness (QED) is 0.297. The SMILES string of the molecule is Cc1c(NC(=O)/C=C/c2ccc(-c3ccccc3)o2)cccc1-c1nc2ccccc2s1. The molecule has 1 amide bonds. The van der Waals surface area contributed by atoms with Crippen molar-refractivity contribution in [3.63, 3.8) is 0 Å². The molecular weight excluding hydrogens is 416 g/mol. The molecule has 4 nitrogen and oxygen atoms in total. The molecule has 156 valence electrons. The second kappa shape index (κ2) is 8.65. The predicted octanol–water partition coefficient (Wildman–Crippen LogP) is 7.18. The number of hydrogen-bond donors (Lipinski definition) is 1. The highest BCUT2D eigenvalue weighted by Gasteiger charge is 2.12. The van der Waals surface area contributed by atoms with E-state index in [4.69, 9.17) is 9.40 Å². The van der Waals surface area contributed by atoms with E-state index in [0.717, 1.165) is 43.4 Å². The Morgan fingerprint density at radius 1 is 0.938 bits per heavy atom. The van der Waals surface area contributed by atoms with Gasteiger partial charge in [0, 0.05) is 22.9 Å². The number of hydrogen-bond acceptors (Lipinski definition) is 4. The molecule has 0 saturated heterocycles. The molecule has 0 aliphatic rings. The number of benzene rings is 3. The van der Waals surface area contributed by atoms with Gasteiger partial charge in [0.05, 0.1) is 10.2 Å². The Kier molecular flexibility index (Phi) is 5.40. The number of nitrogens with zero attached hydrogens (tertiary/aromatic N) is 1. The number of thiazole rings is 1. The lowest BCUT2D eigenvalue weighted by molar-refractivity contribution is -0.111. The van der Waals surface area contributed by atoms with Crippen LogP contribution in [0.15, 0.2) is 95.4 Å². The molecule has 5 heteroatoms. The zero-order valence-electron chi connectivity index (χ0n) is 17.4. The summed E-state index contributed by atoms with van der Waals surface area (Å²) >= 11 is 1.65. The van der Waals surface area contributed by atoms with Crippen LogP contribution in [0, 0.1) is 6.92 Å².